The molecule has 2 amide bonds. The molecule has 0 spiro atoms. The van der Waals surface area contributed by atoms with Gasteiger partial charge in [0.2, 0.25) is 11.8 Å². The van der Waals surface area contributed by atoms with Crippen LogP contribution in [0.15, 0.2) is 36.7 Å². The van der Waals surface area contributed by atoms with Crippen molar-refractivity contribution < 1.29 is 28.2 Å². The lowest BCUT2D eigenvalue weighted by Gasteiger charge is -2.43. The Morgan fingerprint density at radius 1 is 1.09 bits per heavy atom. The van der Waals surface area contributed by atoms with Crippen molar-refractivity contribution in [2.75, 3.05) is 52.6 Å². The van der Waals surface area contributed by atoms with Crippen molar-refractivity contribution in [3.8, 4) is 5.75 Å². The number of amides is 2. The summed E-state index contributed by atoms with van der Waals surface area (Å²) < 4.78 is 32.2. The number of hydrogen-bond acceptors (Lipinski definition) is 6. The predicted molar refractivity (Wildman–Crippen MR) is 116 cm³/mol. The lowest BCUT2D eigenvalue weighted by atomic mass is 9.96. The van der Waals surface area contributed by atoms with E-state index in [-0.39, 0.29) is 50.4 Å². The molecule has 4 rings (SSSR count). The van der Waals surface area contributed by atoms with Crippen molar-refractivity contribution in [1.29, 1.82) is 0 Å². The third-order valence-electron chi connectivity index (χ3n) is 5.81. The largest absolute Gasteiger partial charge is 0.490 e. The molecule has 1 aromatic carbocycles. The average molecular weight is 461 g/mol. The SMILES string of the molecule is Cc1cnn(CC(=O)N2CCO[C@@](COc3ccc(F)cc3)(CC(=O)N3CCOCC3)C2)c1. The summed E-state index contributed by atoms with van der Waals surface area (Å²) in [5, 5.41) is 4.19. The summed E-state index contributed by atoms with van der Waals surface area (Å²) in [5.41, 5.74) is -0.0412. The van der Waals surface area contributed by atoms with E-state index in [0.717, 1.165) is 5.56 Å². The van der Waals surface area contributed by atoms with Crippen molar-refractivity contribution in [2.45, 2.75) is 25.5 Å². The average Bonchev–Trinajstić information content (AvgIpc) is 3.24. The van der Waals surface area contributed by atoms with Crippen molar-refractivity contribution in [2.24, 2.45) is 0 Å². The van der Waals surface area contributed by atoms with Gasteiger partial charge >= 0.3 is 0 Å². The van der Waals surface area contributed by atoms with Crippen LogP contribution in [0.1, 0.15) is 12.0 Å². The molecule has 0 unspecified atom stereocenters. The van der Waals surface area contributed by atoms with Gasteiger partial charge in [-0.2, -0.15) is 5.10 Å². The number of rotatable bonds is 7. The minimum absolute atomic E-state index is 0.0549. The second-order valence-electron chi connectivity index (χ2n) is 8.47. The highest BCUT2D eigenvalue weighted by Gasteiger charge is 2.42. The number of benzene rings is 1. The minimum Gasteiger partial charge on any atom is -0.490 e. The van der Waals surface area contributed by atoms with Crippen molar-refractivity contribution >= 4 is 11.8 Å². The van der Waals surface area contributed by atoms with E-state index in [2.05, 4.69) is 5.10 Å². The Morgan fingerprint density at radius 2 is 1.82 bits per heavy atom. The van der Waals surface area contributed by atoms with E-state index >= 15 is 0 Å². The molecule has 1 aromatic heterocycles. The third-order valence-corrected chi connectivity index (χ3v) is 5.81. The predicted octanol–water partition coefficient (Wildman–Crippen LogP) is 1.26. The Hall–Kier alpha value is -2.98. The molecule has 2 aromatic rings. The summed E-state index contributed by atoms with van der Waals surface area (Å²) in [5.74, 6) is -0.0721. The summed E-state index contributed by atoms with van der Waals surface area (Å²) in [7, 11) is 0. The number of morpholine rings is 2. The van der Waals surface area contributed by atoms with Gasteiger partial charge in [0, 0.05) is 25.8 Å². The zero-order chi connectivity index (χ0) is 23.3. The Labute approximate surface area is 192 Å². The number of carbonyl (C=O) groups is 2. The van der Waals surface area contributed by atoms with E-state index in [1.165, 1.54) is 24.3 Å². The number of nitrogens with zero attached hydrogens (tertiary/aromatic N) is 4. The molecule has 2 aliphatic heterocycles. The van der Waals surface area contributed by atoms with Gasteiger partial charge in [0.25, 0.3) is 0 Å². The van der Waals surface area contributed by atoms with Crippen LogP contribution in [0.25, 0.3) is 0 Å². The van der Waals surface area contributed by atoms with Crippen molar-refractivity contribution in [1.82, 2.24) is 19.6 Å². The summed E-state index contributed by atoms with van der Waals surface area (Å²) in [6.07, 6.45) is 3.58. The summed E-state index contributed by atoms with van der Waals surface area (Å²) in [6.45, 7) is 5.04. The Bertz CT molecular complexity index is 960. The molecule has 33 heavy (non-hydrogen) atoms. The maximum atomic E-state index is 13.3. The van der Waals surface area contributed by atoms with E-state index in [1.807, 2.05) is 13.1 Å². The molecule has 0 aliphatic carbocycles. The first-order chi connectivity index (χ1) is 15.9. The monoisotopic (exact) mass is 460 g/mol. The first-order valence-corrected chi connectivity index (χ1v) is 11.1. The maximum Gasteiger partial charge on any atom is 0.244 e. The quantitative estimate of drug-likeness (QED) is 0.619. The van der Waals surface area contributed by atoms with Crippen LogP contribution in [0.3, 0.4) is 0 Å². The standard InChI is InChI=1S/C23H29FN4O5/c1-18-13-25-28(14-18)15-22(30)27-8-11-33-23(16-27,12-21(29)26-6-9-31-10-7-26)17-32-20-4-2-19(24)3-5-20/h2-5,13-14H,6-12,15-17H2,1H3/t23-/m0/s1. The second kappa shape index (κ2) is 10.3. The van der Waals surface area contributed by atoms with Gasteiger partial charge in [0.15, 0.2) is 0 Å². The molecule has 10 heteroatoms. The van der Waals surface area contributed by atoms with E-state index in [9.17, 15) is 14.0 Å². The Kier molecular flexibility index (Phi) is 7.24. The van der Waals surface area contributed by atoms with Gasteiger partial charge in [-0.1, -0.05) is 0 Å². The summed E-state index contributed by atoms with van der Waals surface area (Å²) in [6, 6.07) is 5.67. The normalized spacial score (nSPS) is 21.2. The third kappa shape index (κ3) is 6.08. The Balaban J connectivity index is 1.48. The zero-order valence-electron chi connectivity index (χ0n) is 18.7. The van der Waals surface area contributed by atoms with Gasteiger partial charge in [0.1, 0.15) is 30.3 Å². The molecule has 1 atom stereocenters. The Morgan fingerprint density at radius 3 is 2.52 bits per heavy atom. The lowest BCUT2D eigenvalue weighted by Crippen LogP contribution is -2.59. The molecule has 0 radical (unpaired) electrons. The maximum absolute atomic E-state index is 13.3. The van der Waals surface area contributed by atoms with E-state index in [0.29, 0.717) is 38.6 Å². The number of aromatic nitrogens is 2. The van der Waals surface area contributed by atoms with Crippen LogP contribution in [-0.2, 0) is 25.6 Å². The highest BCUT2D eigenvalue weighted by Crippen LogP contribution is 2.26. The number of hydrogen-bond donors (Lipinski definition) is 0. The molecule has 2 fully saturated rings. The lowest BCUT2D eigenvalue weighted by molar-refractivity contribution is -0.167. The van der Waals surface area contributed by atoms with Crippen LogP contribution in [0.2, 0.25) is 0 Å². The molecule has 0 bridgehead atoms. The van der Waals surface area contributed by atoms with E-state index in [1.54, 1.807) is 20.7 Å². The fourth-order valence-electron chi connectivity index (χ4n) is 4.04. The van der Waals surface area contributed by atoms with Gasteiger partial charge in [-0.3, -0.25) is 14.3 Å². The fraction of sp³-hybridized carbons (Fsp3) is 0.522. The second-order valence-corrected chi connectivity index (χ2v) is 8.47. The zero-order valence-corrected chi connectivity index (χ0v) is 18.7. The molecule has 0 saturated carbocycles. The minimum atomic E-state index is -1.02. The first-order valence-electron chi connectivity index (χ1n) is 11.1. The van der Waals surface area contributed by atoms with Gasteiger partial charge in [-0.15, -0.1) is 0 Å². The topological polar surface area (TPSA) is 86.1 Å². The van der Waals surface area contributed by atoms with Crippen LogP contribution in [0.4, 0.5) is 4.39 Å². The van der Waals surface area contributed by atoms with Crippen molar-refractivity contribution in [3.63, 3.8) is 0 Å². The fourth-order valence-corrected chi connectivity index (χ4v) is 4.04. The molecule has 0 N–H and O–H groups in total. The summed E-state index contributed by atoms with van der Waals surface area (Å²) in [4.78, 5) is 29.5. The molecule has 2 saturated heterocycles. The number of carbonyl (C=O) groups excluding carboxylic acids is 2. The van der Waals surface area contributed by atoms with Crippen LogP contribution < -0.4 is 4.74 Å². The first kappa shape index (κ1) is 23.2. The van der Waals surface area contributed by atoms with Gasteiger partial charge in [-0.25, -0.2) is 4.39 Å². The number of aryl methyl sites for hydroxylation is 1. The van der Waals surface area contributed by atoms with Crippen LogP contribution >= 0.6 is 0 Å². The van der Waals surface area contributed by atoms with Crippen LogP contribution in [0.5, 0.6) is 5.75 Å². The van der Waals surface area contributed by atoms with Crippen LogP contribution in [0, 0.1) is 12.7 Å². The smallest absolute Gasteiger partial charge is 0.244 e. The number of halogens is 1. The van der Waals surface area contributed by atoms with Gasteiger partial charge < -0.3 is 24.0 Å². The van der Waals surface area contributed by atoms with Gasteiger partial charge in [-0.05, 0) is 36.8 Å². The highest BCUT2D eigenvalue weighted by molar-refractivity contribution is 5.78. The highest BCUT2D eigenvalue weighted by atomic mass is 19.1. The van der Waals surface area contributed by atoms with E-state index < -0.39 is 5.60 Å². The van der Waals surface area contributed by atoms with Crippen LogP contribution in [-0.4, -0.2) is 89.6 Å². The molecule has 3 heterocycles. The summed E-state index contributed by atoms with van der Waals surface area (Å²) >= 11 is 0. The molecular weight excluding hydrogens is 431 g/mol. The molecule has 178 valence electrons. The van der Waals surface area contributed by atoms with Crippen molar-refractivity contribution in [3.05, 3.63) is 48.0 Å². The molecular formula is C23H29FN4O5. The molecule has 2 aliphatic rings. The van der Waals surface area contributed by atoms with E-state index in [4.69, 9.17) is 14.2 Å². The van der Waals surface area contributed by atoms with Gasteiger partial charge in [0.05, 0.1) is 39.0 Å². The number of ether oxygens (including phenoxy) is 3. The molecule has 9 nitrogen and oxygen atoms in total.